The number of methoxy groups -OCH3 is 1. The highest BCUT2D eigenvalue weighted by atomic mass is 32.2. The van der Waals surface area contributed by atoms with Crippen LogP contribution in [-0.2, 0) is 50.4 Å². The van der Waals surface area contributed by atoms with Crippen molar-refractivity contribution >= 4 is 43.7 Å². The number of nitrogens with one attached hydrogen (secondary N) is 3. The molecule has 2 aliphatic rings. The smallest absolute Gasteiger partial charge is 0.326 e. The Labute approximate surface area is 415 Å². The summed E-state index contributed by atoms with van der Waals surface area (Å²) in [4.78, 5) is 49.9. The largest absolute Gasteiger partial charge is 0.481 e. The highest BCUT2D eigenvalue weighted by Crippen LogP contribution is 2.38. The monoisotopic (exact) mass is 1010 g/mol. The van der Waals surface area contributed by atoms with Crippen molar-refractivity contribution in [2.45, 2.75) is 73.9 Å². The minimum atomic E-state index is -4.10. The molecule has 0 saturated carbocycles. The van der Waals surface area contributed by atoms with Crippen molar-refractivity contribution in [3.8, 4) is 29.4 Å². The molecule has 0 spiro atoms. The number of carboxylic acids is 2. The molecule has 4 aromatic rings. The molecule has 0 aromatic heterocycles. The highest BCUT2D eigenvalue weighted by Gasteiger charge is 2.45. The fourth-order valence-corrected chi connectivity index (χ4v) is 9.85. The van der Waals surface area contributed by atoms with E-state index in [2.05, 4.69) is 39.0 Å². The van der Waals surface area contributed by atoms with Gasteiger partial charge in [-0.25, -0.2) is 21.6 Å². The van der Waals surface area contributed by atoms with Crippen molar-refractivity contribution in [1.82, 2.24) is 19.7 Å². The Bertz CT molecular complexity index is 2910. The van der Waals surface area contributed by atoms with E-state index in [1.54, 1.807) is 73.9 Å². The number of amides is 1. The zero-order chi connectivity index (χ0) is 51.6. The molecule has 1 fully saturated rings. The summed E-state index contributed by atoms with van der Waals surface area (Å²) in [5.41, 5.74) is 2.73. The van der Waals surface area contributed by atoms with E-state index in [1.165, 1.54) is 31.3 Å². The van der Waals surface area contributed by atoms with Crippen molar-refractivity contribution in [2.75, 3.05) is 40.5 Å². The lowest BCUT2D eigenvalue weighted by Crippen LogP contribution is -2.49. The normalized spacial score (nSPS) is 17.1. The Morgan fingerprint density at radius 1 is 0.817 bits per heavy atom. The molecule has 1 heterocycles. The number of carboxylic acid groups (broad SMARTS) is 2. The van der Waals surface area contributed by atoms with E-state index in [0.717, 1.165) is 33.2 Å². The number of ketones is 1. The Kier molecular flexibility index (Phi) is 20.0. The topological polar surface area (TPSA) is 235 Å². The SMILES string of the molecule is COCC#CC1=CCC(CC(NS(=O)(=O)c2ccc(C)cc2)C(=O)O)(C(=O)[C@@H]2CCCN2)C=C1.Cc1ccc(S(=O)(=O)N(C)CC(=O)NC(Cc2ccc(C#CCOc3ccccc3)cc2)C(=O)O)cc1. The first kappa shape index (κ1) is 55.0. The van der Waals surface area contributed by atoms with Gasteiger partial charge in [0, 0.05) is 31.7 Å². The summed E-state index contributed by atoms with van der Waals surface area (Å²) in [6.07, 6.45) is 6.73. The Balaban J connectivity index is 0.000000265. The molecule has 6 rings (SSSR count). The molecular weight excluding hydrogens is 949 g/mol. The van der Waals surface area contributed by atoms with Crippen molar-refractivity contribution in [1.29, 1.82) is 0 Å². The lowest BCUT2D eigenvalue weighted by molar-refractivity contribution is -0.142. The lowest BCUT2D eigenvalue weighted by atomic mass is 9.70. The van der Waals surface area contributed by atoms with Crippen LogP contribution >= 0.6 is 0 Å². The predicted octanol–water partition coefficient (Wildman–Crippen LogP) is 4.82. The van der Waals surface area contributed by atoms with E-state index >= 15 is 0 Å². The van der Waals surface area contributed by atoms with E-state index < -0.39 is 68.0 Å². The summed E-state index contributed by atoms with van der Waals surface area (Å²) >= 11 is 0. The van der Waals surface area contributed by atoms with Crippen molar-refractivity contribution in [3.63, 3.8) is 0 Å². The maximum absolute atomic E-state index is 13.6. The quantitative estimate of drug-likeness (QED) is 0.0795. The highest BCUT2D eigenvalue weighted by molar-refractivity contribution is 7.89. The van der Waals surface area contributed by atoms with Gasteiger partial charge in [0.15, 0.2) is 5.78 Å². The summed E-state index contributed by atoms with van der Waals surface area (Å²) < 4.78 is 64.8. The number of nitrogens with zero attached hydrogens (tertiary/aromatic N) is 1. The number of hydrogen-bond acceptors (Lipinski definition) is 11. The second-order valence-corrected chi connectivity index (χ2v) is 20.7. The maximum Gasteiger partial charge on any atom is 0.326 e. The van der Waals surface area contributed by atoms with Crippen LogP contribution < -0.4 is 20.1 Å². The van der Waals surface area contributed by atoms with Crippen LogP contribution in [0.1, 0.15) is 47.9 Å². The minimum absolute atomic E-state index is 0.0281. The van der Waals surface area contributed by atoms with Crippen molar-refractivity contribution < 1.29 is 55.7 Å². The third kappa shape index (κ3) is 16.3. The molecule has 4 atom stereocenters. The van der Waals surface area contributed by atoms with Crippen LogP contribution in [-0.4, -0.2) is 114 Å². The number of Topliss-reactive ketones (excluding diaryl/α,β-unsaturated/α-hetero) is 1. The number of likely N-dealkylation sites (N-methyl/N-ethyl adjacent to an activating group) is 1. The zero-order valence-electron chi connectivity index (χ0n) is 39.9. The number of sulfonamides is 2. The number of carbonyl (C=O) groups excluding carboxylic acids is 2. The van der Waals surface area contributed by atoms with E-state index in [9.17, 15) is 46.2 Å². The molecule has 3 unspecified atom stereocenters. The molecule has 18 heteroatoms. The first-order valence-electron chi connectivity index (χ1n) is 22.6. The number of aryl methyl sites for hydroxylation is 2. The van der Waals surface area contributed by atoms with Crippen LogP contribution in [0.25, 0.3) is 0 Å². The molecule has 16 nitrogen and oxygen atoms in total. The van der Waals surface area contributed by atoms with E-state index in [-0.39, 0.29) is 48.1 Å². The molecular formula is C53H58N4O12S2. The van der Waals surface area contributed by atoms with Gasteiger partial charge < -0.3 is 30.3 Å². The van der Waals surface area contributed by atoms with Crippen LogP contribution in [0.5, 0.6) is 5.75 Å². The van der Waals surface area contributed by atoms with E-state index in [0.29, 0.717) is 24.1 Å². The number of carbonyl (C=O) groups is 4. The summed E-state index contributed by atoms with van der Waals surface area (Å²) in [5.74, 6) is 9.02. The van der Waals surface area contributed by atoms with Gasteiger partial charge in [-0.15, -0.1) is 0 Å². The standard InChI is InChI=1S/C28H28N2O6S.C25H30N2O6S/c1-21-10-16-25(17-11-21)37(34,35)30(2)20-27(31)29-26(28(32)33)19-23-14-12-22(13-15-23)7-6-18-36-24-8-4-3-5-9-24;1-18-7-9-20(10-8-18)34(31,32)27-22(24(29)30)17-25(23(28)21-6-3-15-26-21)13-11-19(12-14-25)5-4-16-33-2/h3-5,8-17,26H,18-20H2,1-2H3,(H,29,31)(H,32,33);7-13,21-22,26-27H,3,6,14-17H2,1-2H3,(H,29,30)/t;21-,22?,25?/m.0/s1. The summed E-state index contributed by atoms with van der Waals surface area (Å²) in [5, 5.41) is 25.1. The van der Waals surface area contributed by atoms with Gasteiger partial charge in [0.1, 0.15) is 31.0 Å². The van der Waals surface area contributed by atoms with Crippen LogP contribution in [0.2, 0.25) is 0 Å². The molecule has 71 heavy (non-hydrogen) atoms. The second kappa shape index (κ2) is 25.8. The van der Waals surface area contributed by atoms with Crippen LogP contribution in [0.3, 0.4) is 0 Å². The Morgan fingerprint density at radius 3 is 2.00 bits per heavy atom. The van der Waals surface area contributed by atoms with Gasteiger partial charge in [-0.3, -0.25) is 14.4 Å². The molecule has 5 N–H and O–H groups in total. The minimum Gasteiger partial charge on any atom is -0.481 e. The Morgan fingerprint density at radius 2 is 1.44 bits per heavy atom. The lowest BCUT2D eigenvalue weighted by Gasteiger charge is -2.35. The van der Waals surface area contributed by atoms with Gasteiger partial charge in [-0.2, -0.15) is 9.03 Å². The van der Waals surface area contributed by atoms with Crippen LogP contribution in [0, 0.1) is 42.9 Å². The van der Waals surface area contributed by atoms with Gasteiger partial charge >= 0.3 is 11.9 Å². The van der Waals surface area contributed by atoms with Crippen LogP contribution in [0.15, 0.2) is 137 Å². The van der Waals surface area contributed by atoms with E-state index in [4.69, 9.17) is 9.47 Å². The third-order valence-corrected chi connectivity index (χ3v) is 14.8. The molecule has 1 aliphatic carbocycles. The zero-order valence-corrected chi connectivity index (χ0v) is 41.5. The number of rotatable bonds is 19. The molecule has 0 radical (unpaired) electrons. The van der Waals surface area contributed by atoms with Gasteiger partial charge in [-0.1, -0.05) is 102 Å². The van der Waals surface area contributed by atoms with Gasteiger partial charge in [0.25, 0.3) is 0 Å². The fourth-order valence-electron chi connectivity index (χ4n) is 7.54. The second-order valence-electron chi connectivity index (χ2n) is 17.0. The number of aliphatic carboxylic acids is 2. The first-order chi connectivity index (χ1) is 33.8. The van der Waals surface area contributed by atoms with Crippen molar-refractivity contribution in [2.24, 2.45) is 5.41 Å². The number of ether oxygens (including phenoxy) is 2. The fraction of sp³-hybridized carbons (Fsp3) is 0.321. The van der Waals surface area contributed by atoms with E-state index in [1.807, 2.05) is 44.2 Å². The third-order valence-electron chi connectivity index (χ3n) is 11.5. The first-order valence-corrected chi connectivity index (χ1v) is 25.5. The number of allylic oxidation sites excluding steroid dienone is 4. The summed E-state index contributed by atoms with van der Waals surface area (Å²) in [6, 6.07) is 25.6. The molecule has 1 saturated heterocycles. The van der Waals surface area contributed by atoms with Crippen molar-refractivity contribution in [3.05, 3.63) is 149 Å². The average molecular weight is 1010 g/mol. The maximum atomic E-state index is 13.6. The Hall–Kier alpha value is -6.90. The molecule has 0 bridgehead atoms. The summed E-state index contributed by atoms with van der Waals surface area (Å²) in [6.45, 7) is 4.35. The summed E-state index contributed by atoms with van der Waals surface area (Å²) in [7, 11) is -5.18. The predicted molar refractivity (Wildman–Crippen MR) is 267 cm³/mol. The number of hydrogen-bond donors (Lipinski definition) is 5. The molecule has 4 aromatic carbocycles. The molecule has 374 valence electrons. The number of benzene rings is 4. The molecule has 1 amide bonds. The van der Waals surface area contributed by atoms with Gasteiger partial charge in [0.2, 0.25) is 26.0 Å². The number of para-hydroxylation sites is 1. The van der Waals surface area contributed by atoms with Gasteiger partial charge in [-0.05, 0) is 106 Å². The van der Waals surface area contributed by atoms with Crippen LogP contribution in [0.4, 0.5) is 0 Å². The average Bonchev–Trinajstić information content (AvgIpc) is 3.89. The van der Waals surface area contributed by atoms with Gasteiger partial charge in [0.05, 0.1) is 27.8 Å². The molecule has 1 aliphatic heterocycles.